The van der Waals surface area contributed by atoms with Crippen LogP contribution >= 0.6 is 7.82 Å². The highest BCUT2D eigenvalue weighted by atomic mass is 31.2. The third-order valence-electron chi connectivity index (χ3n) is 10.4. The van der Waals surface area contributed by atoms with Crippen LogP contribution < -0.4 is 4.89 Å². The maximum absolute atomic E-state index is 12.7. The smallest absolute Gasteiger partial charge is 0.306 e. The summed E-state index contributed by atoms with van der Waals surface area (Å²) in [5, 5.41) is 0. The number of carbonyl (C=O) groups is 2. The fraction of sp³-hybridized carbons (Fsp3) is 0.875. The molecule has 58 heavy (non-hydrogen) atoms. The number of hydrogen-bond donors (Lipinski definition) is 0. The van der Waals surface area contributed by atoms with E-state index in [4.69, 9.17) is 18.5 Å². The van der Waals surface area contributed by atoms with Gasteiger partial charge in [0.2, 0.25) is 0 Å². The Balaban J connectivity index is 4.26. The van der Waals surface area contributed by atoms with E-state index < -0.39 is 32.5 Å². The monoisotopic (exact) mass is 842 g/mol. The van der Waals surface area contributed by atoms with Gasteiger partial charge < -0.3 is 27.9 Å². The van der Waals surface area contributed by atoms with Crippen molar-refractivity contribution in [3.05, 3.63) is 24.3 Å². The lowest BCUT2D eigenvalue weighted by Crippen LogP contribution is -2.37. The minimum absolute atomic E-state index is 0.0311. The van der Waals surface area contributed by atoms with Gasteiger partial charge in [-0.1, -0.05) is 167 Å². The highest BCUT2D eigenvalue weighted by Gasteiger charge is 2.21. The van der Waals surface area contributed by atoms with Crippen molar-refractivity contribution in [1.29, 1.82) is 0 Å². The quantitative estimate of drug-likeness (QED) is 0.0196. The van der Waals surface area contributed by atoms with Gasteiger partial charge in [0, 0.05) is 12.8 Å². The second kappa shape index (κ2) is 40.9. The van der Waals surface area contributed by atoms with Crippen molar-refractivity contribution >= 4 is 19.8 Å². The van der Waals surface area contributed by atoms with Crippen LogP contribution in [-0.2, 0) is 32.7 Å². The number of esters is 2. The number of rotatable bonds is 44. The number of allylic oxidation sites excluding steroid dienone is 4. The fourth-order valence-electron chi connectivity index (χ4n) is 6.64. The van der Waals surface area contributed by atoms with Gasteiger partial charge in [-0.15, -0.1) is 0 Å². The van der Waals surface area contributed by atoms with Crippen LogP contribution in [0.1, 0.15) is 219 Å². The third kappa shape index (κ3) is 44.1. The van der Waals surface area contributed by atoms with Gasteiger partial charge >= 0.3 is 11.9 Å². The Morgan fingerprint density at radius 2 is 0.879 bits per heavy atom. The Labute approximate surface area is 358 Å². The zero-order valence-electron chi connectivity index (χ0n) is 38.5. The van der Waals surface area contributed by atoms with Crippen molar-refractivity contribution in [2.45, 2.75) is 225 Å². The lowest BCUT2D eigenvalue weighted by Gasteiger charge is -2.28. The van der Waals surface area contributed by atoms with Crippen LogP contribution in [-0.4, -0.2) is 70.0 Å². The summed E-state index contributed by atoms with van der Waals surface area (Å²) in [6.07, 6.45) is 44.9. The van der Waals surface area contributed by atoms with Gasteiger partial charge in [-0.2, -0.15) is 0 Å². The molecule has 0 spiro atoms. The molecular formula is C48H92NO8P. The second-order valence-corrected chi connectivity index (χ2v) is 18.9. The van der Waals surface area contributed by atoms with Gasteiger partial charge in [0.25, 0.3) is 7.82 Å². The topological polar surface area (TPSA) is 111 Å². The average Bonchev–Trinajstić information content (AvgIpc) is 3.17. The molecule has 0 radical (unpaired) electrons. The van der Waals surface area contributed by atoms with Crippen LogP contribution in [0.25, 0.3) is 0 Å². The van der Waals surface area contributed by atoms with E-state index in [1.165, 1.54) is 128 Å². The summed E-state index contributed by atoms with van der Waals surface area (Å²) in [7, 11) is 1.16. The van der Waals surface area contributed by atoms with Gasteiger partial charge in [-0.3, -0.25) is 14.2 Å². The standard InChI is InChI=1S/C48H92NO8P/c1-6-8-10-12-14-16-18-20-21-22-23-24-25-26-27-29-31-33-35-37-39-41-48(51)57-46(45-56-58(52,53)55-43-42-49(3,4)5)44-54-47(50)40-38-36-34-32-30-28-19-17-15-13-11-9-7-2/h17,19,22-23,46H,6-16,18,20-21,24-45H2,1-5H3/b19-17-,23-22-. The number of likely N-dealkylation sites (N-methyl/N-ethyl adjacent to an activating group) is 1. The number of ether oxygens (including phenoxy) is 2. The molecule has 0 aromatic carbocycles. The number of nitrogens with zero attached hydrogens (tertiary/aromatic N) is 1. The van der Waals surface area contributed by atoms with E-state index in [1.54, 1.807) is 0 Å². The molecule has 0 saturated heterocycles. The molecule has 0 heterocycles. The summed E-state index contributed by atoms with van der Waals surface area (Å²) in [6.45, 7) is 4.22. The molecule has 0 aromatic heterocycles. The van der Waals surface area contributed by atoms with Crippen molar-refractivity contribution in [2.24, 2.45) is 0 Å². The van der Waals surface area contributed by atoms with Crippen molar-refractivity contribution in [3.63, 3.8) is 0 Å². The summed E-state index contributed by atoms with van der Waals surface area (Å²) in [4.78, 5) is 37.6. The minimum atomic E-state index is -4.63. The molecule has 2 atom stereocenters. The fourth-order valence-corrected chi connectivity index (χ4v) is 7.37. The molecule has 0 fully saturated rings. The van der Waals surface area contributed by atoms with Gasteiger partial charge in [0.05, 0.1) is 27.7 Å². The van der Waals surface area contributed by atoms with Crippen LogP contribution in [0.5, 0.6) is 0 Å². The summed E-state index contributed by atoms with van der Waals surface area (Å²) in [5.41, 5.74) is 0. The SMILES string of the molecule is CCCCCC/C=C\CCCCCCCC(=O)OCC(COP(=O)([O-])OCC[N+](C)(C)C)OC(=O)CCCCCCCCCCC/C=C\CCCCCCCCCC. The zero-order chi connectivity index (χ0) is 42.8. The Morgan fingerprint density at radius 1 is 0.517 bits per heavy atom. The van der Waals surface area contributed by atoms with Gasteiger partial charge in [0.15, 0.2) is 6.10 Å². The number of hydrogen-bond acceptors (Lipinski definition) is 8. The molecule has 0 aliphatic heterocycles. The Morgan fingerprint density at radius 3 is 1.29 bits per heavy atom. The first-order valence-corrected chi connectivity index (χ1v) is 25.5. The molecular weight excluding hydrogens is 750 g/mol. The predicted molar refractivity (Wildman–Crippen MR) is 241 cm³/mol. The van der Waals surface area contributed by atoms with Gasteiger partial charge in [-0.25, -0.2) is 0 Å². The van der Waals surface area contributed by atoms with Crippen LogP contribution in [0.3, 0.4) is 0 Å². The minimum Gasteiger partial charge on any atom is -0.756 e. The first kappa shape index (κ1) is 56.5. The molecule has 0 amide bonds. The van der Waals surface area contributed by atoms with E-state index in [0.717, 1.165) is 57.8 Å². The van der Waals surface area contributed by atoms with E-state index in [-0.39, 0.29) is 26.1 Å². The van der Waals surface area contributed by atoms with Crippen molar-refractivity contribution in [1.82, 2.24) is 0 Å². The zero-order valence-corrected chi connectivity index (χ0v) is 39.4. The van der Waals surface area contributed by atoms with Crippen LogP contribution in [0.15, 0.2) is 24.3 Å². The maximum Gasteiger partial charge on any atom is 0.306 e. The van der Waals surface area contributed by atoms with E-state index in [1.807, 2.05) is 21.1 Å². The van der Waals surface area contributed by atoms with E-state index in [9.17, 15) is 19.0 Å². The van der Waals surface area contributed by atoms with E-state index in [2.05, 4.69) is 38.2 Å². The number of quaternary nitrogens is 1. The molecule has 10 heteroatoms. The predicted octanol–water partition coefficient (Wildman–Crippen LogP) is 13.3. The average molecular weight is 842 g/mol. The normalized spacial score (nSPS) is 13.7. The molecule has 0 saturated carbocycles. The third-order valence-corrected chi connectivity index (χ3v) is 11.4. The van der Waals surface area contributed by atoms with E-state index >= 15 is 0 Å². The van der Waals surface area contributed by atoms with Crippen molar-refractivity contribution < 1.29 is 42.1 Å². The Kier molecular flexibility index (Phi) is 39.8. The molecule has 0 bridgehead atoms. The van der Waals surface area contributed by atoms with Gasteiger partial charge in [0.1, 0.15) is 19.8 Å². The second-order valence-electron chi connectivity index (χ2n) is 17.5. The number of phosphoric acid groups is 1. The highest BCUT2D eigenvalue weighted by molar-refractivity contribution is 7.45. The molecule has 0 aliphatic carbocycles. The number of carbonyl (C=O) groups excluding carboxylic acids is 2. The molecule has 2 unspecified atom stereocenters. The van der Waals surface area contributed by atoms with E-state index in [0.29, 0.717) is 17.4 Å². The lowest BCUT2D eigenvalue weighted by atomic mass is 10.1. The Hall–Kier alpha value is -1.51. The van der Waals surface area contributed by atoms with Crippen molar-refractivity contribution in [3.8, 4) is 0 Å². The highest BCUT2D eigenvalue weighted by Crippen LogP contribution is 2.38. The summed E-state index contributed by atoms with van der Waals surface area (Å²) < 4.78 is 33.9. The molecule has 0 aromatic rings. The summed E-state index contributed by atoms with van der Waals surface area (Å²) in [5.74, 6) is -0.840. The van der Waals surface area contributed by atoms with Crippen molar-refractivity contribution in [2.75, 3.05) is 47.5 Å². The summed E-state index contributed by atoms with van der Waals surface area (Å²) >= 11 is 0. The van der Waals surface area contributed by atoms with Crippen LogP contribution in [0.2, 0.25) is 0 Å². The number of unbranched alkanes of at least 4 members (excludes halogenated alkanes) is 26. The first-order valence-electron chi connectivity index (χ1n) is 24.0. The molecule has 0 rings (SSSR count). The molecule has 0 aliphatic rings. The van der Waals surface area contributed by atoms with Gasteiger partial charge in [-0.05, 0) is 64.2 Å². The maximum atomic E-state index is 12.7. The largest absolute Gasteiger partial charge is 0.756 e. The van der Waals surface area contributed by atoms with Crippen LogP contribution in [0, 0.1) is 0 Å². The molecule has 342 valence electrons. The first-order chi connectivity index (χ1) is 28.0. The lowest BCUT2D eigenvalue weighted by molar-refractivity contribution is -0.870. The van der Waals surface area contributed by atoms with Crippen LogP contribution in [0.4, 0.5) is 0 Å². The molecule has 9 nitrogen and oxygen atoms in total. The Bertz CT molecular complexity index is 1040. The number of phosphoric ester groups is 1. The summed E-state index contributed by atoms with van der Waals surface area (Å²) in [6, 6.07) is 0. The molecule has 0 N–H and O–H groups in total.